The monoisotopic (exact) mass is 299 g/mol. The van der Waals surface area contributed by atoms with Crippen LogP contribution in [0.5, 0.6) is 0 Å². The lowest BCUT2D eigenvalue weighted by atomic mass is 10.0. The van der Waals surface area contributed by atoms with Crippen molar-refractivity contribution >= 4 is 21.8 Å². The van der Waals surface area contributed by atoms with Gasteiger partial charge in [0.15, 0.2) is 0 Å². The standard InChI is InChI=1S/C11H14BrN3O2/c12-9-3-13-15(4-9)10-5-14(6-10)11(16)8-1-2-17-7-8/h3-4,8,10H,1-2,5-7H2. The molecule has 0 aliphatic carbocycles. The van der Waals surface area contributed by atoms with Gasteiger partial charge in [-0.2, -0.15) is 5.10 Å². The van der Waals surface area contributed by atoms with Crippen molar-refractivity contribution < 1.29 is 9.53 Å². The fraction of sp³-hybridized carbons (Fsp3) is 0.636. The number of hydrogen-bond donors (Lipinski definition) is 0. The number of amides is 1. The number of aromatic nitrogens is 2. The van der Waals surface area contributed by atoms with Crippen LogP contribution in [-0.4, -0.2) is 46.9 Å². The van der Waals surface area contributed by atoms with Crippen molar-refractivity contribution in [2.75, 3.05) is 26.3 Å². The summed E-state index contributed by atoms with van der Waals surface area (Å²) < 4.78 is 8.13. The van der Waals surface area contributed by atoms with Crippen LogP contribution in [0.15, 0.2) is 16.9 Å². The van der Waals surface area contributed by atoms with E-state index in [1.165, 1.54) is 0 Å². The number of halogens is 1. The summed E-state index contributed by atoms with van der Waals surface area (Å²) in [6.07, 6.45) is 4.59. The predicted octanol–water partition coefficient (Wildman–Crippen LogP) is 1.07. The van der Waals surface area contributed by atoms with Gasteiger partial charge in [0.2, 0.25) is 5.91 Å². The van der Waals surface area contributed by atoms with Gasteiger partial charge in [0, 0.05) is 25.9 Å². The molecular formula is C11H14BrN3O2. The smallest absolute Gasteiger partial charge is 0.228 e. The summed E-state index contributed by atoms with van der Waals surface area (Å²) in [6, 6.07) is 0.326. The highest BCUT2D eigenvalue weighted by molar-refractivity contribution is 9.10. The van der Waals surface area contributed by atoms with Crippen molar-refractivity contribution in [2.24, 2.45) is 5.92 Å². The molecule has 3 rings (SSSR count). The summed E-state index contributed by atoms with van der Waals surface area (Å²) in [4.78, 5) is 13.9. The Morgan fingerprint density at radius 2 is 2.35 bits per heavy atom. The van der Waals surface area contributed by atoms with E-state index in [1.54, 1.807) is 6.20 Å². The highest BCUT2D eigenvalue weighted by Gasteiger charge is 2.36. The van der Waals surface area contributed by atoms with E-state index in [2.05, 4.69) is 21.0 Å². The maximum atomic E-state index is 12.0. The van der Waals surface area contributed by atoms with Gasteiger partial charge in [0.1, 0.15) is 0 Å². The molecular weight excluding hydrogens is 286 g/mol. The number of rotatable bonds is 2. The topological polar surface area (TPSA) is 47.4 Å². The maximum Gasteiger partial charge on any atom is 0.228 e. The summed E-state index contributed by atoms with van der Waals surface area (Å²) in [6.45, 7) is 2.85. The van der Waals surface area contributed by atoms with Crippen LogP contribution < -0.4 is 0 Å². The van der Waals surface area contributed by atoms with Crippen molar-refractivity contribution in [3.63, 3.8) is 0 Å². The fourth-order valence-electron chi connectivity index (χ4n) is 2.30. The van der Waals surface area contributed by atoms with Crippen LogP contribution in [-0.2, 0) is 9.53 Å². The lowest BCUT2D eigenvalue weighted by Crippen LogP contribution is -2.52. The zero-order valence-electron chi connectivity index (χ0n) is 9.38. The number of carbonyl (C=O) groups is 1. The van der Waals surface area contributed by atoms with Crippen LogP contribution in [0.1, 0.15) is 12.5 Å². The van der Waals surface area contributed by atoms with E-state index >= 15 is 0 Å². The number of likely N-dealkylation sites (tertiary alicyclic amines) is 1. The Hall–Kier alpha value is -0.880. The molecule has 0 N–H and O–H groups in total. The summed E-state index contributed by atoms with van der Waals surface area (Å²) in [5.41, 5.74) is 0. The number of nitrogens with zero attached hydrogens (tertiary/aromatic N) is 3. The molecule has 3 heterocycles. The molecule has 0 radical (unpaired) electrons. The molecule has 1 aromatic heterocycles. The van der Waals surface area contributed by atoms with E-state index in [9.17, 15) is 4.79 Å². The Balaban J connectivity index is 1.55. The summed E-state index contributed by atoms with van der Waals surface area (Å²) in [5, 5.41) is 4.24. The lowest BCUT2D eigenvalue weighted by molar-refractivity contribution is -0.141. The molecule has 1 amide bonds. The lowest BCUT2D eigenvalue weighted by Gasteiger charge is -2.40. The first kappa shape index (κ1) is 11.2. The van der Waals surface area contributed by atoms with Crippen molar-refractivity contribution in [1.82, 2.24) is 14.7 Å². The van der Waals surface area contributed by atoms with E-state index in [4.69, 9.17) is 4.74 Å². The van der Waals surface area contributed by atoms with Crippen LogP contribution in [0.25, 0.3) is 0 Å². The van der Waals surface area contributed by atoms with E-state index in [0.717, 1.165) is 30.6 Å². The molecule has 5 nitrogen and oxygen atoms in total. The van der Waals surface area contributed by atoms with Crippen molar-refractivity contribution in [3.8, 4) is 0 Å². The number of carbonyl (C=O) groups excluding carboxylic acids is 1. The third kappa shape index (κ3) is 2.11. The van der Waals surface area contributed by atoms with Gasteiger partial charge in [-0.15, -0.1) is 0 Å². The van der Waals surface area contributed by atoms with Crippen molar-refractivity contribution in [1.29, 1.82) is 0 Å². The minimum absolute atomic E-state index is 0.0836. The van der Waals surface area contributed by atoms with Crippen molar-refractivity contribution in [3.05, 3.63) is 16.9 Å². The largest absolute Gasteiger partial charge is 0.381 e. The summed E-state index contributed by atoms with van der Waals surface area (Å²) in [5.74, 6) is 0.324. The van der Waals surface area contributed by atoms with E-state index in [-0.39, 0.29) is 11.8 Å². The Bertz CT molecular complexity index is 422. The highest BCUT2D eigenvalue weighted by atomic mass is 79.9. The quantitative estimate of drug-likeness (QED) is 0.821. The first-order valence-electron chi connectivity index (χ1n) is 5.80. The molecule has 0 spiro atoms. The van der Waals surface area contributed by atoms with Crippen LogP contribution in [0, 0.1) is 5.92 Å². The Labute approximate surface area is 108 Å². The van der Waals surface area contributed by atoms with Gasteiger partial charge in [-0.1, -0.05) is 0 Å². The molecule has 1 atom stereocenters. The minimum Gasteiger partial charge on any atom is -0.381 e. The zero-order valence-corrected chi connectivity index (χ0v) is 11.0. The molecule has 2 fully saturated rings. The second-order valence-electron chi connectivity index (χ2n) is 4.60. The van der Waals surface area contributed by atoms with E-state index < -0.39 is 0 Å². The summed E-state index contributed by atoms with van der Waals surface area (Å²) >= 11 is 3.37. The highest BCUT2D eigenvalue weighted by Crippen LogP contribution is 2.26. The molecule has 1 unspecified atom stereocenters. The minimum atomic E-state index is 0.0836. The molecule has 2 aliphatic rings. The number of ether oxygens (including phenoxy) is 1. The van der Waals surface area contributed by atoms with Crippen molar-refractivity contribution in [2.45, 2.75) is 12.5 Å². The fourth-order valence-corrected chi connectivity index (χ4v) is 2.61. The van der Waals surface area contributed by atoms with E-state index in [1.807, 2.05) is 15.8 Å². The van der Waals surface area contributed by atoms with Gasteiger partial charge in [0.25, 0.3) is 0 Å². The van der Waals surface area contributed by atoms with Gasteiger partial charge in [0.05, 0.1) is 29.2 Å². The Morgan fingerprint density at radius 1 is 1.53 bits per heavy atom. The second-order valence-corrected chi connectivity index (χ2v) is 5.51. The Morgan fingerprint density at radius 3 is 2.94 bits per heavy atom. The van der Waals surface area contributed by atoms with Crippen LogP contribution >= 0.6 is 15.9 Å². The number of hydrogen-bond acceptors (Lipinski definition) is 3. The van der Waals surface area contributed by atoms with Gasteiger partial charge in [-0.3, -0.25) is 9.48 Å². The molecule has 2 saturated heterocycles. The first-order chi connectivity index (χ1) is 8.24. The van der Waals surface area contributed by atoms with Crippen LogP contribution in [0.2, 0.25) is 0 Å². The van der Waals surface area contributed by atoms with Crippen LogP contribution in [0.3, 0.4) is 0 Å². The third-order valence-electron chi connectivity index (χ3n) is 3.40. The van der Waals surface area contributed by atoms with Gasteiger partial charge in [-0.05, 0) is 22.4 Å². The van der Waals surface area contributed by atoms with E-state index in [0.29, 0.717) is 12.6 Å². The van der Waals surface area contributed by atoms with Gasteiger partial charge < -0.3 is 9.64 Å². The molecule has 2 aliphatic heterocycles. The zero-order chi connectivity index (χ0) is 11.8. The third-order valence-corrected chi connectivity index (χ3v) is 3.81. The average Bonchev–Trinajstić information content (AvgIpc) is 2.86. The molecule has 0 saturated carbocycles. The second kappa shape index (κ2) is 4.42. The van der Waals surface area contributed by atoms with Gasteiger partial charge >= 0.3 is 0 Å². The maximum absolute atomic E-state index is 12.0. The normalized spacial score (nSPS) is 25.0. The van der Waals surface area contributed by atoms with Gasteiger partial charge in [-0.25, -0.2) is 0 Å². The molecule has 92 valence electrons. The average molecular weight is 300 g/mol. The molecule has 0 bridgehead atoms. The first-order valence-corrected chi connectivity index (χ1v) is 6.59. The molecule has 1 aromatic rings. The molecule has 0 aromatic carbocycles. The molecule has 17 heavy (non-hydrogen) atoms. The predicted molar refractivity (Wildman–Crippen MR) is 64.5 cm³/mol. The summed E-state index contributed by atoms with van der Waals surface area (Å²) in [7, 11) is 0. The molecule has 6 heteroatoms. The Kier molecular flexibility index (Phi) is 2.92. The SMILES string of the molecule is O=C(C1CCOC1)N1CC(n2cc(Br)cn2)C1. The van der Waals surface area contributed by atoms with Crippen LogP contribution in [0.4, 0.5) is 0 Å².